The van der Waals surface area contributed by atoms with Crippen molar-refractivity contribution in [2.75, 3.05) is 13.7 Å². The zero-order valence-corrected chi connectivity index (χ0v) is 20.2. The lowest BCUT2D eigenvalue weighted by atomic mass is 9.75. The lowest BCUT2D eigenvalue weighted by Crippen LogP contribution is -2.53. The highest BCUT2D eigenvalue weighted by Gasteiger charge is 2.62. The van der Waals surface area contributed by atoms with Crippen LogP contribution in [-0.4, -0.2) is 58.5 Å². The summed E-state index contributed by atoms with van der Waals surface area (Å²) in [6.07, 6.45) is 5.76. The largest absolute Gasteiger partial charge is 0.460 e. The number of nitrogens with zero attached hydrogens (tertiary/aromatic N) is 1. The molecule has 8 heteroatoms. The number of ether oxygens (including phenoxy) is 2. The highest BCUT2D eigenvalue weighted by atomic mass is 19.2. The molecule has 4 aliphatic rings. The molecule has 0 saturated carbocycles. The SMILES string of the molecule is CCC(O)(CC(=O)OC(C)(C)C)C1=CC(=O)C2=C(C1)CC1C[N+]3(F)C(OC)=CCCC3C1N2. The second-order valence-electron chi connectivity index (χ2n) is 10.8. The number of fused-ring (bicyclic) bond motifs is 3. The maximum atomic E-state index is 16.0. The van der Waals surface area contributed by atoms with Crippen LogP contribution in [0.2, 0.25) is 0 Å². The molecule has 0 aromatic rings. The van der Waals surface area contributed by atoms with Crippen LogP contribution in [0.5, 0.6) is 0 Å². The molecule has 1 aliphatic carbocycles. The van der Waals surface area contributed by atoms with Crippen LogP contribution in [0.25, 0.3) is 0 Å². The van der Waals surface area contributed by atoms with Gasteiger partial charge in [-0.05, 0) is 63.7 Å². The van der Waals surface area contributed by atoms with Gasteiger partial charge in [-0.15, -0.1) is 0 Å². The Bertz CT molecular complexity index is 949. The topological polar surface area (TPSA) is 84.9 Å². The Kier molecular flexibility index (Phi) is 5.98. The lowest BCUT2D eigenvalue weighted by molar-refractivity contribution is -1.05. The minimum atomic E-state index is -1.46. The van der Waals surface area contributed by atoms with Crippen molar-refractivity contribution in [1.82, 2.24) is 5.32 Å². The molecule has 0 aromatic heterocycles. The molecule has 0 radical (unpaired) electrons. The van der Waals surface area contributed by atoms with Gasteiger partial charge >= 0.3 is 11.9 Å². The number of aliphatic hydroxyl groups is 1. The Labute approximate surface area is 194 Å². The summed E-state index contributed by atoms with van der Waals surface area (Å²) in [6, 6.07) is -0.430. The van der Waals surface area contributed by atoms with Crippen molar-refractivity contribution in [3.05, 3.63) is 34.9 Å². The zero-order valence-electron chi connectivity index (χ0n) is 20.2. The van der Waals surface area contributed by atoms with Gasteiger partial charge in [0.25, 0.3) is 0 Å². The molecule has 0 bridgehead atoms. The van der Waals surface area contributed by atoms with Crippen LogP contribution in [0.4, 0.5) is 4.48 Å². The zero-order chi connectivity index (χ0) is 24.2. The van der Waals surface area contributed by atoms with Gasteiger partial charge in [-0.2, -0.15) is 0 Å². The van der Waals surface area contributed by atoms with Crippen LogP contribution >= 0.6 is 0 Å². The number of hydrogen-bond donors (Lipinski definition) is 2. The van der Waals surface area contributed by atoms with E-state index in [0.29, 0.717) is 43.0 Å². The van der Waals surface area contributed by atoms with Crippen molar-refractivity contribution in [3.63, 3.8) is 0 Å². The third kappa shape index (κ3) is 4.23. The summed E-state index contributed by atoms with van der Waals surface area (Å²) in [7, 11) is 1.50. The first-order valence-corrected chi connectivity index (χ1v) is 11.9. The predicted octanol–water partition coefficient (Wildman–Crippen LogP) is 3.36. The number of methoxy groups -OCH3 is 1. The standard InChI is InChI=1S/C25H36FN2O5/c1-6-25(31,13-21(30)33-24(2,3)4)17-11-15-10-16-14-28(26)18(8-7-9-20(28)32-5)22(16)27-23(15)19(29)12-17/h9,12,16,18,22,27,31H,6-8,10-11,13-14H2,1-5H3/q+1. The molecule has 3 heterocycles. The number of nitrogens with one attached hydrogen (secondary N) is 1. The Hall–Kier alpha value is -2.19. The number of carbonyl (C=O) groups excluding carboxylic acids is 2. The third-order valence-corrected chi connectivity index (χ3v) is 7.47. The molecule has 3 aliphatic heterocycles. The Morgan fingerprint density at radius 1 is 1.36 bits per heavy atom. The van der Waals surface area contributed by atoms with E-state index < -0.39 is 21.9 Å². The highest BCUT2D eigenvalue weighted by molar-refractivity contribution is 6.06. The van der Waals surface area contributed by atoms with Crippen molar-refractivity contribution < 1.29 is 33.4 Å². The Balaban J connectivity index is 1.54. The number of hydrogen-bond acceptors (Lipinski definition) is 6. The highest BCUT2D eigenvalue weighted by Crippen LogP contribution is 2.48. The average molecular weight is 464 g/mol. The number of ketones is 1. The number of rotatable bonds is 5. The first-order chi connectivity index (χ1) is 15.4. The summed E-state index contributed by atoms with van der Waals surface area (Å²) in [5, 5.41) is 14.7. The van der Waals surface area contributed by atoms with E-state index in [1.165, 1.54) is 13.2 Å². The summed E-state index contributed by atoms with van der Waals surface area (Å²) in [4.78, 5) is 25.6. The van der Waals surface area contributed by atoms with E-state index in [-0.39, 0.29) is 36.6 Å². The number of quaternary nitrogens is 1. The molecule has 5 unspecified atom stereocenters. The molecule has 5 atom stereocenters. The Morgan fingerprint density at radius 2 is 2.09 bits per heavy atom. The number of carbonyl (C=O) groups is 2. The summed E-state index contributed by atoms with van der Waals surface area (Å²) in [5.74, 6) is -0.355. The van der Waals surface area contributed by atoms with E-state index in [9.17, 15) is 14.7 Å². The fraction of sp³-hybridized carbons (Fsp3) is 0.680. The van der Waals surface area contributed by atoms with Crippen molar-refractivity contribution in [2.24, 2.45) is 5.92 Å². The predicted molar refractivity (Wildman–Crippen MR) is 120 cm³/mol. The molecule has 33 heavy (non-hydrogen) atoms. The van der Waals surface area contributed by atoms with Gasteiger partial charge in [-0.25, -0.2) is 0 Å². The van der Waals surface area contributed by atoms with Crippen LogP contribution in [-0.2, 0) is 19.1 Å². The summed E-state index contributed by atoms with van der Waals surface area (Å²) >= 11 is 0. The second-order valence-corrected chi connectivity index (χ2v) is 10.8. The lowest BCUT2D eigenvalue weighted by Gasteiger charge is -2.38. The molecule has 7 nitrogen and oxygen atoms in total. The van der Waals surface area contributed by atoms with E-state index in [0.717, 1.165) is 12.0 Å². The quantitative estimate of drug-likeness (QED) is 0.481. The molecule has 4 rings (SSSR count). The van der Waals surface area contributed by atoms with E-state index in [1.54, 1.807) is 27.7 Å². The maximum Gasteiger partial charge on any atom is 0.326 e. The van der Waals surface area contributed by atoms with Gasteiger partial charge < -0.3 is 19.9 Å². The van der Waals surface area contributed by atoms with Crippen LogP contribution in [0.1, 0.15) is 66.2 Å². The third-order valence-electron chi connectivity index (χ3n) is 7.47. The van der Waals surface area contributed by atoms with Crippen molar-refractivity contribution in [3.8, 4) is 0 Å². The summed E-state index contributed by atoms with van der Waals surface area (Å²) in [5.41, 5.74) is -0.185. The molecule has 1 fully saturated rings. The molecular weight excluding hydrogens is 427 g/mol. The second kappa shape index (κ2) is 8.24. The molecule has 2 N–H and O–H groups in total. The van der Waals surface area contributed by atoms with Crippen LogP contribution in [0.3, 0.4) is 0 Å². The number of halogens is 1. The van der Waals surface area contributed by atoms with E-state index in [2.05, 4.69) is 5.32 Å². The van der Waals surface area contributed by atoms with Crippen LogP contribution in [0.15, 0.2) is 34.9 Å². The average Bonchev–Trinajstić information content (AvgIpc) is 3.01. The molecule has 0 amide bonds. The monoisotopic (exact) mass is 463 g/mol. The van der Waals surface area contributed by atoms with Gasteiger partial charge in [0.1, 0.15) is 12.1 Å². The molecule has 182 valence electrons. The fourth-order valence-corrected chi connectivity index (χ4v) is 5.95. The van der Waals surface area contributed by atoms with Gasteiger partial charge in [0, 0.05) is 22.9 Å². The van der Waals surface area contributed by atoms with E-state index in [4.69, 9.17) is 9.47 Å². The molecule has 0 spiro atoms. The maximum absolute atomic E-state index is 16.0. The number of esters is 1. The molecular formula is C25H36FN2O5+. The normalized spacial score (nSPS) is 33.1. The van der Waals surface area contributed by atoms with E-state index >= 15 is 4.48 Å². The summed E-state index contributed by atoms with van der Waals surface area (Å²) < 4.78 is 26.0. The van der Waals surface area contributed by atoms with Gasteiger partial charge in [0.2, 0.25) is 5.78 Å². The van der Waals surface area contributed by atoms with Crippen LogP contribution < -0.4 is 5.32 Å². The van der Waals surface area contributed by atoms with Gasteiger partial charge in [-0.1, -0.05) is 11.6 Å². The minimum absolute atomic E-state index is 0.0168. The first-order valence-electron chi connectivity index (χ1n) is 11.9. The minimum Gasteiger partial charge on any atom is -0.460 e. The number of allylic oxidation sites excluding steroid dienone is 3. The van der Waals surface area contributed by atoms with Crippen molar-refractivity contribution >= 4 is 11.8 Å². The van der Waals surface area contributed by atoms with Gasteiger partial charge in [0.05, 0.1) is 30.9 Å². The smallest absolute Gasteiger partial charge is 0.326 e. The first kappa shape index (κ1) is 24.0. The van der Waals surface area contributed by atoms with Crippen molar-refractivity contribution in [2.45, 2.75) is 89.5 Å². The fourth-order valence-electron chi connectivity index (χ4n) is 5.95. The van der Waals surface area contributed by atoms with Crippen LogP contribution in [0, 0.1) is 5.92 Å². The molecule has 1 saturated heterocycles. The Morgan fingerprint density at radius 3 is 2.73 bits per heavy atom. The van der Waals surface area contributed by atoms with Gasteiger partial charge in [0.15, 0.2) is 6.04 Å². The van der Waals surface area contributed by atoms with Gasteiger partial charge in [-0.3, -0.25) is 9.59 Å². The summed E-state index contributed by atoms with van der Waals surface area (Å²) in [6.45, 7) is 7.42. The molecule has 0 aromatic carbocycles. The van der Waals surface area contributed by atoms with Crippen molar-refractivity contribution in [1.29, 1.82) is 0 Å². The van der Waals surface area contributed by atoms with E-state index in [1.807, 2.05) is 6.08 Å².